The molecule has 1 aliphatic heterocycles. The Hall–Kier alpha value is -2.90. The second kappa shape index (κ2) is 9.28. The number of hydrogen-bond acceptors (Lipinski definition) is 6. The summed E-state index contributed by atoms with van der Waals surface area (Å²) < 4.78 is 10.6. The molecule has 156 valence electrons. The average Bonchev–Trinajstić information content (AvgIpc) is 3.23. The molecule has 1 amide bonds. The summed E-state index contributed by atoms with van der Waals surface area (Å²) >= 11 is 5.98. The van der Waals surface area contributed by atoms with Gasteiger partial charge in [-0.3, -0.25) is 9.69 Å². The van der Waals surface area contributed by atoms with Crippen molar-refractivity contribution in [3.05, 3.63) is 59.4 Å². The lowest BCUT2D eigenvalue weighted by Crippen LogP contribution is -2.37. The Kier molecular flexibility index (Phi) is 6.30. The number of carbonyl (C=O) groups is 1. The van der Waals surface area contributed by atoms with E-state index in [4.69, 9.17) is 20.9 Å². The number of nitrogens with one attached hydrogen (secondary N) is 1. The van der Waals surface area contributed by atoms with Gasteiger partial charge in [-0.15, -0.1) is 0 Å². The van der Waals surface area contributed by atoms with Crippen LogP contribution < -0.4 is 10.1 Å². The van der Waals surface area contributed by atoms with E-state index in [2.05, 4.69) is 20.4 Å². The van der Waals surface area contributed by atoms with Crippen molar-refractivity contribution >= 4 is 23.2 Å². The summed E-state index contributed by atoms with van der Waals surface area (Å²) in [5, 5.41) is 7.64. The molecule has 0 saturated carbocycles. The molecule has 3 aromatic rings. The number of benzene rings is 2. The highest BCUT2D eigenvalue weighted by Crippen LogP contribution is 2.23. The fraction of sp³-hybridized carbons (Fsp3) is 0.318. The highest BCUT2D eigenvalue weighted by Gasteiger charge is 2.26. The van der Waals surface area contributed by atoms with Crippen LogP contribution >= 0.6 is 11.6 Å². The van der Waals surface area contributed by atoms with Crippen LogP contribution in [0.2, 0.25) is 5.02 Å². The predicted octanol–water partition coefficient (Wildman–Crippen LogP) is 4.25. The fourth-order valence-corrected chi connectivity index (χ4v) is 3.72. The molecule has 1 aliphatic rings. The van der Waals surface area contributed by atoms with Crippen molar-refractivity contribution in [1.82, 2.24) is 15.0 Å². The molecule has 0 spiro atoms. The molecule has 2 heterocycles. The summed E-state index contributed by atoms with van der Waals surface area (Å²) in [6.45, 7) is 2.17. The van der Waals surface area contributed by atoms with E-state index in [1.807, 2.05) is 36.4 Å². The summed E-state index contributed by atoms with van der Waals surface area (Å²) in [5.74, 6) is 1.94. The van der Waals surface area contributed by atoms with Gasteiger partial charge in [-0.1, -0.05) is 22.8 Å². The van der Waals surface area contributed by atoms with Gasteiger partial charge < -0.3 is 14.6 Å². The zero-order valence-corrected chi connectivity index (χ0v) is 17.4. The third kappa shape index (κ3) is 4.98. The third-order valence-electron chi connectivity index (χ3n) is 5.23. The molecular formula is C22H23ClN4O3. The summed E-state index contributed by atoms with van der Waals surface area (Å²) in [7, 11) is 1.63. The Morgan fingerprint density at radius 1 is 1.23 bits per heavy atom. The van der Waals surface area contributed by atoms with Gasteiger partial charge in [0.25, 0.3) is 0 Å². The average molecular weight is 427 g/mol. The first-order chi connectivity index (χ1) is 14.6. The monoisotopic (exact) mass is 426 g/mol. The molecule has 1 fully saturated rings. The van der Waals surface area contributed by atoms with Gasteiger partial charge in [0, 0.05) is 22.2 Å². The second-order valence-electron chi connectivity index (χ2n) is 7.29. The minimum absolute atomic E-state index is 0.0159. The summed E-state index contributed by atoms with van der Waals surface area (Å²) in [6.07, 6.45) is 1.57. The molecule has 0 bridgehead atoms. The predicted molar refractivity (Wildman–Crippen MR) is 114 cm³/mol. The van der Waals surface area contributed by atoms with Gasteiger partial charge in [0.05, 0.1) is 13.7 Å². The minimum atomic E-state index is -0.0159. The van der Waals surface area contributed by atoms with Crippen molar-refractivity contribution in [2.24, 2.45) is 5.92 Å². The van der Waals surface area contributed by atoms with E-state index in [-0.39, 0.29) is 11.8 Å². The minimum Gasteiger partial charge on any atom is -0.497 e. The Balaban J connectivity index is 1.28. The molecule has 2 aromatic carbocycles. The van der Waals surface area contributed by atoms with Crippen LogP contribution in [0.3, 0.4) is 0 Å². The number of piperidine rings is 1. The van der Waals surface area contributed by atoms with Gasteiger partial charge in [-0.2, -0.15) is 4.98 Å². The van der Waals surface area contributed by atoms with Gasteiger partial charge >= 0.3 is 0 Å². The zero-order chi connectivity index (χ0) is 20.9. The molecule has 1 aromatic heterocycles. The first-order valence-electron chi connectivity index (χ1n) is 9.86. The number of hydrogen-bond donors (Lipinski definition) is 1. The standard InChI is InChI=1S/C22H23ClN4O3/c1-29-19-7-5-15(6-8-19)21-25-20(30-26-21)14-27-11-9-16(10-12-27)22(28)24-18-4-2-3-17(23)13-18/h2-8,13,16H,9-12,14H2,1H3,(H,24,28). The van der Waals surface area contributed by atoms with Gasteiger partial charge in [0.1, 0.15) is 5.75 Å². The molecular weight excluding hydrogens is 404 g/mol. The van der Waals surface area contributed by atoms with E-state index < -0.39 is 0 Å². The Labute approximate surface area is 180 Å². The van der Waals surface area contributed by atoms with Crippen molar-refractivity contribution in [2.45, 2.75) is 19.4 Å². The molecule has 4 rings (SSSR count). The number of amides is 1. The van der Waals surface area contributed by atoms with Crippen LogP contribution in [0.1, 0.15) is 18.7 Å². The second-order valence-corrected chi connectivity index (χ2v) is 7.73. The lowest BCUT2D eigenvalue weighted by molar-refractivity contribution is -0.121. The molecule has 0 unspecified atom stereocenters. The number of halogens is 1. The third-order valence-corrected chi connectivity index (χ3v) is 5.46. The zero-order valence-electron chi connectivity index (χ0n) is 16.7. The number of anilines is 1. The SMILES string of the molecule is COc1ccc(-c2noc(CN3CCC(C(=O)Nc4cccc(Cl)c4)CC3)n2)cc1. The quantitative estimate of drug-likeness (QED) is 0.634. The largest absolute Gasteiger partial charge is 0.497 e. The summed E-state index contributed by atoms with van der Waals surface area (Å²) in [5.41, 5.74) is 1.61. The van der Waals surface area contributed by atoms with Crippen LogP contribution in [0.25, 0.3) is 11.4 Å². The van der Waals surface area contributed by atoms with Crippen LogP contribution in [0, 0.1) is 5.92 Å². The molecule has 0 atom stereocenters. The van der Waals surface area contributed by atoms with E-state index >= 15 is 0 Å². The number of methoxy groups -OCH3 is 1. The number of likely N-dealkylation sites (tertiary alicyclic amines) is 1. The van der Waals surface area contributed by atoms with Crippen LogP contribution in [-0.4, -0.2) is 41.1 Å². The Bertz CT molecular complexity index is 998. The van der Waals surface area contributed by atoms with Crippen LogP contribution in [0.4, 0.5) is 5.69 Å². The topological polar surface area (TPSA) is 80.5 Å². The van der Waals surface area contributed by atoms with E-state index in [0.29, 0.717) is 23.3 Å². The Morgan fingerprint density at radius 2 is 2.00 bits per heavy atom. The number of rotatable bonds is 6. The van der Waals surface area contributed by atoms with Gasteiger partial charge in [-0.25, -0.2) is 0 Å². The number of nitrogens with zero attached hydrogens (tertiary/aromatic N) is 3. The van der Waals surface area contributed by atoms with E-state index in [1.54, 1.807) is 19.2 Å². The highest BCUT2D eigenvalue weighted by molar-refractivity contribution is 6.30. The van der Waals surface area contributed by atoms with Crippen molar-refractivity contribution in [1.29, 1.82) is 0 Å². The highest BCUT2D eigenvalue weighted by atomic mass is 35.5. The van der Waals surface area contributed by atoms with E-state index in [1.165, 1.54) is 0 Å². The smallest absolute Gasteiger partial charge is 0.241 e. The summed E-state index contributed by atoms with van der Waals surface area (Å²) in [4.78, 5) is 19.3. The van der Waals surface area contributed by atoms with Gasteiger partial charge in [0.2, 0.25) is 17.6 Å². The number of carbonyl (C=O) groups excluding carboxylic acids is 1. The van der Waals surface area contributed by atoms with Crippen molar-refractivity contribution in [3.8, 4) is 17.1 Å². The van der Waals surface area contributed by atoms with Crippen LogP contribution in [-0.2, 0) is 11.3 Å². The molecule has 8 heteroatoms. The maximum atomic E-state index is 12.5. The molecule has 1 saturated heterocycles. The lowest BCUT2D eigenvalue weighted by Gasteiger charge is -2.30. The van der Waals surface area contributed by atoms with E-state index in [9.17, 15) is 4.79 Å². The van der Waals surface area contributed by atoms with E-state index in [0.717, 1.165) is 42.9 Å². The lowest BCUT2D eigenvalue weighted by atomic mass is 9.96. The molecule has 0 radical (unpaired) electrons. The Morgan fingerprint density at radius 3 is 2.70 bits per heavy atom. The van der Waals surface area contributed by atoms with Crippen molar-refractivity contribution < 1.29 is 14.1 Å². The van der Waals surface area contributed by atoms with Crippen molar-refractivity contribution in [2.75, 3.05) is 25.5 Å². The fourth-order valence-electron chi connectivity index (χ4n) is 3.53. The van der Waals surface area contributed by atoms with Crippen LogP contribution in [0.15, 0.2) is 53.1 Å². The maximum absolute atomic E-state index is 12.5. The first kappa shape index (κ1) is 20.4. The van der Waals surface area contributed by atoms with Gasteiger partial charge in [0.15, 0.2) is 0 Å². The molecule has 1 N–H and O–H groups in total. The van der Waals surface area contributed by atoms with Crippen LogP contribution in [0.5, 0.6) is 5.75 Å². The van der Waals surface area contributed by atoms with Gasteiger partial charge in [-0.05, 0) is 68.4 Å². The first-order valence-corrected chi connectivity index (χ1v) is 10.2. The summed E-state index contributed by atoms with van der Waals surface area (Å²) in [6, 6.07) is 14.7. The van der Waals surface area contributed by atoms with Crippen molar-refractivity contribution in [3.63, 3.8) is 0 Å². The molecule has 30 heavy (non-hydrogen) atoms. The normalized spacial score (nSPS) is 15.1. The number of aromatic nitrogens is 2. The maximum Gasteiger partial charge on any atom is 0.241 e. The molecule has 7 nitrogen and oxygen atoms in total. The molecule has 0 aliphatic carbocycles. The number of ether oxygens (including phenoxy) is 1.